The van der Waals surface area contributed by atoms with E-state index in [9.17, 15) is 0 Å². The van der Waals surface area contributed by atoms with Crippen molar-refractivity contribution in [1.82, 2.24) is 5.32 Å². The molecule has 1 aromatic rings. The number of piperidine rings is 1. The minimum atomic E-state index is -0.0297. The van der Waals surface area contributed by atoms with Gasteiger partial charge in [-0.1, -0.05) is 6.07 Å². The third kappa shape index (κ3) is 1.65. The Morgan fingerprint density at radius 2 is 2.35 bits per heavy atom. The second kappa shape index (κ2) is 4.00. The maximum Gasteiger partial charge on any atom is 0.119 e. The minimum absolute atomic E-state index is 0.0297. The summed E-state index contributed by atoms with van der Waals surface area (Å²) in [5.74, 6) is 0.908. The summed E-state index contributed by atoms with van der Waals surface area (Å²) in [6.45, 7) is 4.03. The Labute approximate surface area is 102 Å². The van der Waals surface area contributed by atoms with E-state index in [2.05, 4.69) is 24.4 Å². The predicted octanol–water partition coefficient (Wildman–Crippen LogP) is 2.19. The van der Waals surface area contributed by atoms with E-state index in [4.69, 9.17) is 9.47 Å². The molecule has 0 unspecified atom stereocenters. The van der Waals surface area contributed by atoms with Crippen LogP contribution in [0, 0.1) is 0 Å². The molecule has 0 amide bonds. The van der Waals surface area contributed by atoms with Gasteiger partial charge in [-0.25, -0.2) is 0 Å². The molecule has 1 aromatic carbocycles. The highest BCUT2D eigenvalue weighted by Gasteiger charge is 2.42. The maximum atomic E-state index is 5.99. The summed E-state index contributed by atoms with van der Waals surface area (Å²) < 4.78 is 11.3. The molecule has 0 spiro atoms. The van der Waals surface area contributed by atoms with Crippen molar-refractivity contribution in [1.29, 1.82) is 0 Å². The molecule has 2 aliphatic heterocycles. The monoisotopic (exact) mass is 233 g/mol. The van der Waals surface area contributed by atoms with Crippen LogP contribution in [0.15, 0.2) is 18.2 Å². The smallest absolute Gasteiger partial charge is 0.119 e. The summed E-state index contributed by atoms with van der Waals surface area (Å²) in [7, 11) is 1.70. The van der Waals surface area contributed by atoms with Crippen LogP contribution < -0.4 is 10.1 Å². The van der Waals surface area contributed by atoms with Gasteiger partial charge >= 0.3 is 0 Å². The van der Waals surface area contributed by atoms with Gasteiger partial charge in [0.15, 0.2) is 0 Å². The van der Waals surface area contributed by atoms with E-state index in [1.165, 1.54) is 17.5 Å². The molecule has 0 bridgehead atoms. The number of hydrogen-bond acceptors (Lipinski definition) is 3. The largest absolute Gasteiger partial charge is 0.497 e. The van der Waals surface area contributed by atoms with Crippen molar-refractivity contribution in [2.24, 2.45) is 0 Å². The van der Waals surface area contributed by atoms with Crippen LogP contribution in [0.25, 0.3) is 0 Å². The van der Waals surface area contributed by atoms with E-state index in [0.29, 0.717) is 12.7 Å². The molecular weight excluding hydrogens is 214 g/mol. The topological polar surface area (TPSA) is 30.5 Å². The Kier molecular flexibility index (Phi) is 2.60. The lowest BCUT2D eigenvalue weighted by atomic mass is 9.77. The molecule has 1 fully saturated rings. The van der Waals surface area contributed by atoms with Gasteiger partial charge in [-0.3, -0.25) is 0 Å². The van der Waals surface area contributed by atoms with Crippen molar-refractivity contribution in [3.63, 3.8) is 0 Å². The first-order valence-electron chi connectivity index (χ1n) is 6.28. The number of nitrogens with one attached hydrogen (secondary N) is 1. The van der Waals surface area contributed by atoms with Crippen LogP contribution in [0.2, 0.25) is 0 Å². The summed E-state index contributed by atoms with van der Waals surface area (Å²) in [6.07, 6.45) is 2.65. The molecule has 0 aliphatic carbocycles. The summed E-state index contributed by atoms with van der Waals surface area (Å²) in [5.41, 5.74) is 2.59. The fourth-order valence-electron chi connectivity index (χ4n) is 3.07. The first-order valence-corrected chi connectivity index (χ1v) is 6.28. The fraction of sp³-hybridized carbons (Fsp3) is 0.571. The van der Waals surface area contributed by atoms with Crippen molar-refractivity contribution >= 4 is 0 Å². The molecule has 92 valence electrons. The van der Waals surface area contributed by atoms with Gasteiger partial charge in [-0.2, -0.15) is 0 Å². The van der Waals surface area contributed by atoms with Gasteiger partial charge < -0.3 is 14.8 Å². The maximum absolute atomic E-state index is 5.99. The van der Waals surface area contributed by atoms with Gasteiger partial charge in [0.05, 0.1) is 25.4 Å². The summed E-state index contributed by atoms with van der Waals surface area (Å²) >= 11 is 0. The summed E-state index contributed by atoms with van der Waals surface area (Å²) in [5, 5.41) is 3.63. The Bertz CT molecular complexity index is 432. The number of fused-ring (bicyclic) bond motifs is 3. The Hall–Kier alpha value is -1.06. The van der Waals surface area contributed by atoms with E-state index in [1.54, 1.807) is 7.11 Å². The zero-order valence-electron chi connectivity index (χ0n) is 10.5. The molecule has 3 nitrogen and oxygen atoms in total. The lowest BCUT2D eigenvalue weighted by molar-refractivity contribution is -0.0571. The number of methoxy groups -OCH3 is 1. The molecular formula is C14H19NO2. The van der Waals surface area contributed by atoms with Gasteiger partial charge in [0.2, 0.25) is 0 Å². The fourth-order valence-corrected chi connectivity index (χ4v) is 3.07. The highest BCUT2D eigenvalue weighted by Crippen LogP contribution is 2.39. The SMILES string of the molecule is COc1ccc2c(c1)CO[C@H]1CCCN[C@]21C. The van der Waals surface area contributed by atoms with Crippen LogP contribution in [0.1, 0.15) is 30.9 Å². The lowest BCUT2D eigenvalue weighted by Gasteiger charge is -2.46. The number of benzene rings is 1. The summed E-state index contributed by atoms with van der Waals surface area (Å²) in [6, 6.07) is 6.32. The van der Waals surface area contributed by atoms with Gasteiger partial charge in [-0.05, 0) is 49.6 Å². The van der Waals surface area contributed by atoms with E-state index in [1.807, 2.05) is 6.07 Å². The van der Waals surface area contributed by atoms with Crippen LogP contribution in [0.4, 0.5) is 0 Å². The first-order chi connectivity index (χ1) is 8.24. The van der Waals surface area contributed by atoms with Crippen LogP contribution in [0.3, 0.4) is 0 Å². The Balaban J connectivity index is 2.04. The Morgan fingerprint density at radius 3 is 3.18 bits per heavy atom. The highest BCUT2D eigenvalue weighted by atomic mass is 16.5. The lowest BCUT2D eigenvalue weighted by Crippen LogP contribution is -2.56. The van der Waals surface area contributed by atoms with Crippen LogP contribution in [0.5, 0.6) is 5.75 Å². The molecule has 1 saturated heterocycles. The number of rotatable bonds is 1. The summed E-state index contributed by atoms with van der Waals surface area (Å²) in [4.78, 5) is 0. The molecule has 3 heteroatoms. The third-order valence-corrected chi connectivity index (χ3v) is 4.09. The molecule has 0 radical (unpaired) electrons. The second-order valence-electron chi connectivity index (χ2n) is 5.09. The van der Waals surface area contributed by atoms with Gasteiger partial charge in [0.1, 0.15) is 5.75 Å². The number of ether oxygens (including phenoxy) is 2. The van der Waals surface area contributed by atoms with Gasteiger partial charge in [0.25, 0.3) is 0 Å². The van der Waals surface area contributed by atoms with Crippen LogP contribution >= 0.6 is 0 Å². The van der Waals surface area contributed by atoms with Crippen molar-refractivity contribution in [2.75, 3.05) is 13.7 Å². The van der Waals surface area contributed by atoms with Crippen molar-refractivity contribution < 1.29 is 9.47 Å². The minimum Gasteiger partial charge on any atom is -0.497 e. The predicted molar refractivity (Wildman–Crippen MR) is 66.2 cm³/mol. The zero-order valence-corrected chi connectivity index (χ0v) is 10.5. The average molecular weight is 233 g/mol. The highest BCUT2D eigenvalue weighted by molar-refractivity contribution is 5.41. The molecule has 1 N–H and O–H groups in total. The van der Waals surface area contributed by atoms with E-state index in [0.717, 1.165) is 18.7 Å². The van der Waals surface area contributed by atoms with E-state index in [-0.39, 0.29) is 5.54 Å². The van der Waals surface area contributed by atoms with Gasteiger partial charge in [-0.15, -0.1) is 0 Å². The average Bonchev–Trinajstić information content (AvgIpc) is 2.37. The third-order valence-electron chi connectivity index (χ3n) is 4.09. The van der Waals surface area contributed by atoms with Crippen LogP contribution in [-0.2, 0) is 16.9 Å². The van der Waals surface area contributed by atoms with Crippen molar-refractivity contribution in [3.05, 3.63) is 29.3 Å². The van der Waals surface area contributed by atoms with Crippen molar-refractivity contribution in [3.8, 4) is 5.75 Å². The normalized spacial score (nSPS) is 31.5. The van der Waals surface area contributed by atoms with E-state index >= 15 is 0 Å². The molecule has 2 heterocycles. The van der Waals surface area contributed by atoms with Gasteiger partial charge in [0, 0.05) is 0 Å². The molecule has 0 aromatic heterocycles. The van der Waals surface area contributed by atoms with Crippen molar-refractivity contribution in [2.45, 2.75) is 38.0 Å². The molecule has 3 rings (SSSR count). The molecule has 17 heavy (non-hydrogen) atoms. The standard InChI is InChI=1S/C14H19NO2/c1-14-12-6-5-11(16-2)8-10(12)9-17-13(14)4-3-7-15-14/h5-6,8,13,15H,3-4,7,9H2,1-2H3/t13-,14+/m0/s1. The molecule has 2 atom stereocenters. The Morgan fingerprint density at radius 1 is 1.47 bits per heavy atom. The second-order valence-corrected chi connectivity index (χ2v) is 5.09. The first kappa shape index (κ1) is 11.1. The van der Waals surface area contributed by atoms with Crippen LogP contribution in [-0.4, -0.2) is 19.8 Å². The number of hydrogen-bond donors (Lipinski definition) is 1. The molecule has 0 saturated carbocycles. The zero-order chi connectivity index (χ0) is 11.9. The van der Waals surface area contributed by atoms with E-state index < -0.39 is 0 Å². The molecule has 2 aliphatic rings. The quantitative estimate of drug-likeness (QED) is 0.806.